The number of rotatable bonds is 7. The molecule has 6 heteroatoms. The Balaban J connectivity index is 1.92. The second-order valence-electron chi connectivity index (χ2n) is 5.16. The maximum atomic E-state index is 12.3. The zero-order valence-corrected chi connectivity index (χ0v) is 12.7. The Morgan fingerprint density at radius 3 is 2.65 bits per heavy atom. The predicted octanol–water partition coefficient (Wildman–Crippen LogP) is 0.691. The highest BCUT2D eigenvalue weighted by molar-refractivity contribution is 5.85. The van der Waals surface area contributed by atoms with Gasteiger partial charge >= 0.3 is 5.97 Å². The van der Waals surface area contributed by atoms with Gasteiger partial charge in [-0.15, -0.1) is 6.42 Å². The van der Waals surface area contributed by atoms with E-state index in [0.29, 0.717) is 13.0 Å². The molecule has 0 saturated heterocycles. The molecule has 1 amide bonds. The first-order valence-electron chi connectivity index (χ1n) is 7.31. The summed E-state index contributed by atoms with van der Waals surface area (Å²) in [5.41, 5.74) is 1.93. The number of carbonyl (C=O) groups excluding carboxylic acids is 1. The molecule has 0 radical (unpaired) electrons. The molecule has 0 aromatic heterocycles. The summed E-state index contributed by atoms with van der Waals surface area (Å²) in [6, 6.07) is 6.68. The molecule has 1 atom stereocenters. The van der Waals surface area contributed by atoms with Crippen molar-refractivity contribution in [3.63, 3.8) is 0 Å². The van der Waals surface area contributed by atoms with Gasteiger partial charge in [0.2, 0.25) is 5.91 Å². The Morgan fingerprint density at radius 1 is 1.26 bits per heavy atom. The Hall–Kier alpha value is -2.36. The molecule has 0 spiro atoms. The molecule has 2 rings (SSSR count). The van der Waals surface area contributed by atoms with Crippen molar-refractivity contribution in [3.8, 4) is 12.3 Å². The molecule has 0 bridgehead atoms. The maximum absolute atomic E-state index is 12.3. The zero-order chi connectivity index (χ0) is 16.7. The van der Waals surface area contributed by atoms with E-state index in [4.69, 9.17) is 15.9 Å². The molecule has 1 unspecified atom stereocenters. The van der Waals surface area contributed by atoms with Crippen molar-refractivity contribution >= 4 is 11.9 Å². The molecular weight excluding hydrogens is 298 g/mol. The Kier molecular flexibility index (Phi) is 6.15. The number of hydrogen-bond acceptors (Lipinski definition) is 4. The third-order valence-corrected chi connectivity index (χ3v) is 3.64. The first-order chi connectivity index (χ1) is 11.1. The van der Waals surface area contributed by atoms with E-state index in [0.717, 1.165) is 11.1 Å². The Bertz CT molecular complexity index is 607. The molecule has 0 fully saturated rings. The summed E-state index contributed by atoms with van der Waals surface area (Å²) in [5.74, 6) is 0.976. The average molecular weight is 317 g/mol. The summed E-state index contributed by atoms with van der Waals surface area (Å²) in [6.07, 6.45) is 5.35. The van der Waals surface area contributed by atoms with E-state index < -0.39 is 12.0 Å². The van der Waals surface area contributed by atoms with Gasteiger partial charge in [-0.2, -0.15) is 0 Å². The second-order valence-corrected chi connectivity index (χ2v) is 5.16. The fourth-order valence-corrected chi connectivity index (χ4v) is 2.50. The van der Waals surface area contributed by atoms with Gasteiger partial charge in [-0.25, -0.2) is 4.79 Å². The summed E-state index contributed by atoms with van der Waals surface area (Å²) in [6.45, 7) is 0.827. The summed E-state index contributed by atoms with van der Waals surface area (Å²) in [5, 5.41) is 9.38. The number of nitrogens with zero attached hydrogens (tertiary/aromatic N) is 1. The van der Waals surface area contributed by atoms with E-state index in [1.54, 1.807) is 0 Å². The van der Waals surface area contributed by atoms with Crippen LogP contribution in [0.25, 0.3) is 0 Å². The number of ether oxygens (including phenoxy) is 2. The van der Waals surface area contributed by atoms with Gasteiger partial charge in [0.15, 0.2) is 0 Å². The van der Waals surface area contributed by atoms with E-state index in [1.807, 2.05) is 24.3 Å². The van der Waals surface area contributed by atoms with Gasteiger partial charge in [0, 0.05) is 13.0 Å². The fourth-order valence-electron chi connectivity index (χ4n) is 2.50. The number of benzene rings is 1. The minimum Gasteiger partial charge on any atom is -0.480 e. The average Bonchev–Trinajstić information content (AvgIpc) is 2.56. The highest BCUT2D eigenvalue weighted by Crippen LogP contribution is 2.23. The summed E-state index contributed by atoms with van der Waals surface area (Å²) in [7, 11) is 0. The summed E-state index contributed by atoms with van der Waals surface area (Å²) >= 11 is 0. The number of terminal acetylenes is 1. The number of carboxylic acid groups (broad SMARTS) is 1. The molecule has 6 nitrogen and oxygen atoms in total. The zero-order valence-electron chi connectivity index (χ0n) is 12.7. The lowest BCUT2D eigenvalue weighted by Gasteiger charge is -2.34. The van der Waals surface area contributed by atoms with Crippen molar-refractivity contribution < 1.29 is 24.2 Å². The van der Waals surface area contributed by atoms with Crippen molar-refractivity contribution in [2.75, 3.05) is 26.4 Å². The van der Waals surface area contributed by atoms with Crippen LogP contribution in [0.1, 0.15) is 11.1 Å². The first-order valence-corrected chi connectivity index (χ1v) is 7.31. The van der Waals surface area contributed by atoms with Gasteiger partial charge in [-0.05, 0) is 11.1 Å². The Labute approximate surface area is 135 Å². The van der Waals surface area contributed by atoms with Crippen molar-refractivity contribution in [3.05, 3.63) is 35.4 Å². The highest BCUT2D eigenvalue weighted by atomic mass is 16.5. The molecular formula is C17H19NO5. The Morgan fingerprint density at radius 2 is 1.96 bits per heavy atom. The topological polar surface area (TPSA) is 76.1 Å². The monoisotopic (exact) mass is 317 g/mol. The van der Waals surface area contributed by atoms with Crippen LogP contribution in [0.3, 0.4) is 0 Å². The van der Waals surface area contributed by atoms with Crippen LogP contribution in [0, 0.1) is 12.3 Å². The van der Waals surface area contributed by atoms with Gasteiger partial charge in [0.25, 0.3) is 0 Å². The standard InChI is InChI=1S/C17H19NO5/c1-2-7-22-8-9-23-12-16(19)18-11-14-6-4-3-5-13(14)10-15(18)17(20)21/h1,3-6,15H,7-12H2,(H,20,21). The van der Waals surface area contributed by atoms with Crippen LogP contribution in [0.4, 0.5) is 0 Å². The molecule has 1 N–H and O–H groups in total. The van der Waals surface area contributed by atoms with Crippen molar-refractivity contribution in [1.29, 1.82) is 0 Å². The first kappa shape index (κ1) is 17.0. The number of carbonyl (C=O) groups is 2. The lowest BCUT2D eigenvalue weighted by Crippen LogP contribution is -2.49. The van der Waals surface area contributed by atoms with E-state index in [1.165, 1.54) is 4.90 Å². The van der Waals surface area contributed by atoms with Gasteiger partial charge in [-0.1, -0.05) is 30.2 Å². The molecule has 1 aromatic carbocycles. The number of amides is 1. The highest BCUT2D eigenvalue weighted by Gasteiger charge is 2.34. The fraction of sp³-hybridized carbons (Fsp3) is 0.412. The van der Waals surface area contributed by atoms with Crippen LogP contribution >= 0.6 is 0 Å². The van der Waals surface area contributed by atoms with Crippen LogP contribution in [0.5, 0.6) is 0 Å². The molecule has 122 valence electrons. The lowest BCUT2D eigenvalue weighted by atomic mass is 9.94. The molecule has 1 aliphatic heterocycles. The van der Waals surface area contributed by atoms with Gasteiger partial charge in [-0.3, -0.25) is 4.79 Å². The minimum absolute atomic E-state index is 0.175. The van der Waals surface area contributed by atoms with E-state index in [2.05, 4.69) is 5.92 Å². The third kappa shape index (κ3) is 4.55. The normalized spacial score (nSPS) is 16.5. The SMILES string of the molecule is C#CCOCCOCC(=O)N1Cc2ccccc2CC1C(=O)O. The maximum Gasteiger partial charge on any atom is 0.326 e. The summed E-state index contributed by atoms with van der Waals surface area (Å²) < 4.78 is 10.3. The summed E-state index contributed by atoms with van der Waals surface area (Å²) in [4.78, 5) is 25.1. The van der Waals surface area contributed by atoms with E-state index >= 15 is 0 Å². The predicted molar refractivity (Wildman–Crippen MR) is 82.6 cm³/mol. The van der Waals surface area contributed by atoms with Crippen LogP contribution in [-0.4, -0.2) is 54.4 Å². The number of aliphatic carboxylic acids is 1. The van der Waals surface area contributed by atoms with Crippen LogP contribution in [0.15, 0.2) is 24.3 Å². The molecule has 1 aliphatic rings. The number of fused-ring (bicyclic) bond motifs is 1. The van der Waals surface area contributed by atoms with Crippen LogP contribution in [0.2, 0.25) is 0 Å². The molecule has 0 saturated carbocycles. The largest absolute Gasteiger partial charge is 0.480 e. The molecule has 23 heavy (non-hydrogen) atoms. The molecule has 1 heterocycles. The van der Waals surface area contributed by atoms with Crippen molar-refractivity contribution in [2.45, 2.75) is 19.0 Å². The van der Waals surface area contributed by atoms with Gasteiger partial charge in [0.1, 0.15) is 19.3 Å². The van der Waals surface area contributed by atoms with E-state index in [-0.39, 0.29) is 32.3 Å². The van der Waals surface area contributed by atoms with Gasteiger partial charge in [0.05, 0.1) is 13.2 Å². The van der Waals surface area contributed by atoms with E-state index in [9.17, 15) is 14.7 Å². The quantitative estimate of drug-likeness (QED) is 0.591. The molecule has 1 aromatic rings. The number of hydrogen-bond donors (Lipinski definition) is 1. The van der Waals surface area contributed by atoms with Crippen LogP contribution in [-0.2, 0) is 32.0 Å². The van der Waals surface area contributed by atoms with Crippen LogP contribution < -0.4 is 0 Å². The minimum atomic E-state index is -1.01. The third-order valence-electron chi connectivity index (χ3n) is 3.64. The lowest BCUT2D eigenvalue weighted by molar-refractivity contribution is -0.153. The van der Waals surface area contributed by atoms with Crippen molar-refractivity contribution in [1.82, 2.24) is 4.90 Å². The second kappa shape index (κ2) is 8.32. The van der Waals surface area contributed by atoms with Crippen molar-refractivity contribution in [2.24, 2.45) is 0 Å². The number of carboxylic acids is 1. The van der Waals surface area contributed by atoms with Gasteiger partial charge < -0.3 is 19.5 Å². The smallest absolute Gasteiger partial charge is 0.326 e. The molecule has 0 aliphatic carbocycles.